The van der Waals surface area contributed by atoms with Crippen LogP contribution < -0.4 is 0 Å². The van der Waals surface area contributed by atoms with E-state index in [1.807, 2.05) is 6.07 Å². The molecule has 0 aliphatic carbocycles. The van der Waals surface area contributed by atoms with E-state index in [0.29, 0.717) is 0 Å². The highest BCUT2D eigenvalue weighted by molar-refractivity contribution is 7.89. The van der Waals surface area contributed by atoms with Crippen molar-refractivity contribution in [3.8, 4) is 6.07 Å². The normalized spacial score (nSPS) is 11.4. The highest BCUT2D eigenvalue weighted by Gasteiger charge is 2.22. The molecule has 98 valence electrons. The molecule has 0 amide bonds. The molecule has 0 fully saturated rings. The van der Waals surface area contributed by atoms with Crippen molar-refractivity contribution < 1.29 is 18.3 Å². The Morgan fingerprint density at radius 2 is 2.33 bits per heavy atom. The monoisotopic (exact) mass is 272 g/mol. The molecule has 9 heteroatoms. The van der Waals surface area contributed by atoms with Gasteiger partial charge in [-0.3, -0.25) is 9.48 Å². The standard InChI is InChI=1S/C9H12N4O4S/c1-12(4-2-3-10)18(16,17)8-5-11-13(6-8)7-9(14)15/h5-6H,2,4,7H2,1H3,(H,14,15). The molecule has 1 heterocycles. The van der Waals surface area contributed by atoms with Gasteiger partial charge in [0.25, 0.3) is 0 Å². The van der Waals surface area contributed by atoms with E-state index in [9.17, 15) is 13.2 Å². The fourth-order valence-electron chi connectivity index (χ4n) is 1.21. The van der Waals surface area contributed by atoms with E-state index >= 15 is 0 Å². The first-order valence-electron chi connectivity index (χ1n) is 4.95. The lowest BCUT2D eigenvalue weighted by Gasteiger charge is -2.13. The molecule has 18 heavy (non-hydrogen) atoms. The van der Waals surface area contributed by atoms with Gasteiger partial charge in [0.05, 0.1) is 12.3 Å². The van der Waals surface area contributed by atoms with Crippen molar-refractivity contribution in [2.45, 2.75) is 17.9 Å². The maximum absolute atomic E-state index is 12.0. The summed E-state index contributed by atoms with van der Waals surface area (Å²) in [4.78, 5) is 10.4. The van der Waals surface area contributed by atoms with E-state index in [1.54, 1.807) is 0 Å². The molecule has 0 aliphatic heterocycles. The fourth-order valence-corrected chi connectivity index (χ4v) is 2.34. The van der Waals surface area contributed by atoms with Gasteiger partial charge in [-0.1, -0.05) is 0 Å². The third-order valence-electron chi connectivity index (χ3n) is 2.15. The Morgan fingerprint density at radius 3 is 2.89 bits per heavy atom. The number of nitriles is 1. The molecule has 0 bridgehead atoms. The Kier molecular flexibility index (Phi) is 4.41. The van der Waals surface area contributed by atoms with Crippen LogP contribution >= 0.6 is 0 Å². The van der Waals surface area contributed by atoms with Crippen LogP contribution in [-0.4, -0.2) is 47.2 Å². The van der Waals surface area contributed by atoms with Crippen molar-refractivity contribution in [1.29, 1.82) is 5.26 Å². The minimum Gasteiger partial charge on any atom is -0.480 e. The summed E-state index contributed by atoms with van der Waals surface area (Å²) in [6, 6.07) is 1.85. The average Bonchev–Trinajstić information content (AvgIpc) is 2.73. The predicted octanol–water partition coefficient (Wildman–Crippen LogP) is -0.498. The third kappa shape index (κ3) is 3.28. The summed E-state index contributed by atoms with van der Waals surface area (Å²) in [5, 5.41) is 20.6. The number of carboxylic acid groups (broad SMARTS) is 1. The number of hydrogen-bond donors (Lipinski definition) is 1. The minimum absolute atomic E-state index is 0.0724. The van der Waals surface area contributed by atoms with Crippen molar-refractivity contribution in [3.63, 3.8) is 0 Å². The molecule has 0 saturated heterocycles. The molecule has 0 spiro atoms. The molecule has 0 radical (unpaired) electrons. The number of hydrogen-bond acceptors (Lipinski definition) is 5. The second-order valence-corrected chi connectivity index (χ2v) is 5.55. The van der Waals surface area contributed by atoms with Crippen LogP contribution in [0.2, 0.25) is 0 Å². The zero-order valence-electron chi connectivity index (χ0n) is 9.65. The molecule has 0 aromatic carbocycles. The van der Waals surface area contributed by atoms with E-state index in [0.717, 1.165) is 21.4 Å². The number of carboxylic acids is 1. The van der Waals surface area contributed by atoms with Crippen molar-refractivity contribution >= 4 is 16.0 Å². The average molecular weight is 272 g/mol. The molecule has 8 nitrogen and oxygen atoms in total. The van der Waals surface area contributed by atoms with Crippen LogP contribution in [0.3, 0.4) is 0 Å². The van der Waals surface area contributed by atoms with E-state index in [1.165, 1.54) is 7.05 Å². The van der Waals surface area contributed by atoms with Crippen LogP contribution in [0.5, 0.6) is 0 Å². The summed E-state index contributed by atoms with van der Waals surface area (Å²) in [5.74, 6) is -1.11. The number of rotatable bonds is 6. The molecule has 1 rings (SSSR count). The largest absolute Gasteiger partial charge is 0.480 e. The first kappa shape index (κ1) is 14.1. The molecule has 1 N–H and O–H groups in total. The SMILES string of the molecule is CN(CCC#N)S(=O)(=O)c1cnn(CC(=O)O)c1. The van der Waals surface area contributed by atoms with Gasteiger partial charge >= 0.3 is 5.97 Å². The van der Waals surface area contributed by atoms with Gasteiger partial charge in [0, 0.05) is 26.2 Å². The van der Waals surface area contributed by atoms with Gasteiger partial charge in [-0.2, -0.15) is 14.7 Å². The van der Waals surface area contributed by atoms with Crippen molar-refractivity contribution in [2.24, 2.45) is 0 Å². The third-order valence-corrected chi connectivity index (χ3v) is 3.96. The number of carbonyl (C=O) groups is 1. The van der Waals surface area contributed by atoms with Crippen molar-refractivity contribution in [3.05, 3.63) is 12.4 Å². The number of nitrogens with zero attached hydrogens (tertiary/aromatic N) is 4. The van der Waals surface area contributed by atoms with Crippen molar-refractivity contribution in [2.75, 3.05) is 13.6 Å². The van der Waals surface area contributed by atoms with E-state index in [2.05, 4.69) is 5.10 Å². The van der Waals surface area contributed by atoms with Gasteiger partial charge in [-0.15, -0.1) is 0 Å². The minimum atomic E-state index is -3.72. The van der Waals surface area contributed by atoms with Gasteiger partial charge in [-0.05, 0) is 0 Å². The van der Waals surface area contributed by atoms with Crippen molar-refractivity contribution in [1.82, 2.24) is 14.1 Å². The van der Waals surface area contributed by atoms with E-state index in [-0.39, 0.29) is 17.9 Å². The quantitative estimate of drug-likeness (QED) is 0.746. The van der Waals surface area contributed by atoms with Gasteiger partial charge in [0.2, 0.25) is 10.0 Å². The Labute approximate surface area is 104 Å². The summed E-state index contributed by atoms with van der Waals surface area (Å²) in [7, 11) is -2.37. The molecule has 0 atom stereocenters. The summed E-state index contributed by atoms with van der Waals surface area (Å²) in [6.07, 6.45) is 2.31. The van der Waals surface area contributed by atoms with Crippen LogP contribution in [-0.2, 0) is 21.4 Å². The Morgan fingerprint density at radius 1 is 1.67 bits per heavy atom. The molecule has 1 aromatic heterocycles. The molecular formula is C9H12N4O4S. The lowest BCUT2D eigenvalue weighted by atomic mass is 10.5. The predicted molar refractivity (Wildman–Crippen MR) is 59.9 cm³/mol. The lowest BCUT2D eigenvalue weighted by Crippen LogP contribution is -2.27. The van der Waals surface area contributed by atoms with Crippen LogP contribution in [0, 0.1) is 11.3 Å². The summed E-state index contributed by atoms with van der Waals surface area (Å²) in [5.41, 5.74) is 0. The Hall–Kier alpha value is -1.92. The van der Waals surface area contributed by atoms with Crippen LogP contribution in [0.15, 0.2) is 17.3 Å². The molecule has 0 aliphatic rings. The zero-order chi connectivity index (χ0) is 13.8. The first-order valence-corrected chi connectivity index (χ1v) is 6.39. The fraction of sp³-hybridized carbons (Fsp3) is 0.444. The number of sulfonamides is 1. The van der Waals surface area contributed by atoms with Gasteiger partial charge in [-0.25, -0.2) is 8.42 Å². The number of aliphatic carboxylic acids is 1. The molecule has 0 saturated carbocycles. The molecular weight excluding hydrogens is 260 g/mol. The Balaban J connectivity index is 2.89. The van der Waals surface area contributed by atoms with Crippen LogP contribution in [0.25, 0.3) is 0 Å². The van der Waals surface area contributed by atoms with Gasteiger partial charge < -0.3 is 5.11 Å². The smallest absolute Gasteiger partial charge is 0.325 e. The summed E-state index contributed by atoms with van der Waals surface area (Å²) >= 11 is 0. The van der Waals surface area contributed by atoms with E-state index in [4.69, 9.17) is 10.4 Å². The van der Waals surface area contributed by atoms with Crippen LogP contribution in [0.1, 0.15) is 6.42 Å². The zero-order valence-corrected chi connectivity index (χ0v) is 10.5. The van der Waals surface area contributed by atoms with Gasteiger partial charge in [0.1, 0.15) is 11.4 Å². The second kappa shape index (κ2) is 5.61. The lowest BCUT2D eigenvalue weighted by molar-refractivity contribution is -0.137. The maximum atomic E-state index is 12.0. The van der Waals surface area contributed by atoms with E-state index < -0.39 is 22.5 Å². The highest BCUT2D eigenvalue weighted by Crippen LogP contribution is 2.13. The summed E-state index contributed by atoms with van der Waals surface area (Å²) in [6.45, 7) is -0.333. The molecule has 0 unspecified atom stereocenters. The first-order chi connectivity index (χ1) is 8.37. The van der Waals surface area contributed by atoms with Crippen LogP contribution in [0.4, 0.5) is 0 Å². The topological polar surface area (TPSA) is 116 Å². The number of aromatic nitrogens is 2. The van der Waals surface area contributed by atoms with Gasteiger partial charge in [0.15, 0.2) is 0 Å². The Bertz CT molecular complexity index is 572. The molecule has 1 aromatic rings. The summed E-state index contributed by atoms with van der Waals surface area (Å²) < 4.78 is 26.0. The second-order valence-electron chi connectivity index (χ2n) is 3.50. The maximum Gasteiger partial charge on any atom is 0.325 e. The highest BCUT2D eigenvalue weighted by atomic mass is 32.2.